The quantitative estimate of drug-likeness (QED) is 0.394. The molecule has 174 valence electrons. The summed E-state index contributed by atoms with van der Waals surface area (Å²) in [7, 11) is -2.50. The fourth-order valence-electron chi connectivity index (χ4n) is 3.55. The van der Waals surface area contributed by atoms with E-state index in [-0.39, 0.29) is 29.3 Å². The van der Waals surface area contributed by atoms with Gasteiger partial charge in [-0.1, -0.05) is 24.3 Å². The zero-order valence-corrected chi connectivity index (χ0v) is 19.2. The Morgan fingerprint density at radius 2 is 1.59 bits per heavy atom. The highest BCUT2D eigenvalue weighted by atomic mass is 32.2. The maximum Gasteiger partial charge on any atom is 0.343 e. The minimum absolute atomic E-state index is 0.0869. The average molecular weight is 479 g/mol. The van der Waals surface area contributed by atoms with Crippen molar-refractivity contribution < 1.29 is 27.4 Å². The van der Waals surface area contributed by atoms with Gasteiger partial charge in [0.2, 0.25) is 10.0 Å². The topological polar surface area (TPSA) is 106 Å². The van der Waals surface area contributed by atoms with Crippen molar-refractivity contribution in [3.05, 3.63) is 77.9 Å². The van der Waals surface area contributed by atoms with Crippen LogP contribution in [0.1, 0.15) is 15.9 Å². The standard InChI is InChI=1S/C25H22N2O6S/c1-31-23-11-8-21(16-24(23)34(29,30)27-12-14-32-15-13-27)25(28)33-22-9-6-20(7-10-22)19-4-2-18(17-26)3-5-19/h2-11,16H,12-15H2,1H3. The molecule has 3 aromatic rings. The smallest absolute Gasteiger partial charge is 0.343 e. The number of rotatable bonds is 6. The van der Waals surface area contributed by atoms with Crippen LogP contribution in [0.5, 0.6) is 11.5 Å². The molecule has 1 heterocycles. The molecule has 0 bridgehead atoms. The summed E-state index contributed by atoms with van der Waals surface area (Å²) < 4.78 is 43.5. The summed E-state index contributed by atoms with van der Waals surface area (Å²) >= 11 is 0. The molecule has 1 saturated heterocycles. The van der Waals surface area contributed by atoms with Crippen LogP contribution < -0.4 is 9.47 Å². The first-order valence-electron chi connectivity index (χ1n) is 10.5. The molecule has 0 radical (unpaired) electrons. The number of morpholine rings is 1. The van der Waals surface area contributed by atoms with Crippen LogP contribution in [0.3, 0.4) is 0 Å². The van der Waals surface area contributed by atoms with Gasteiger partial charge in [0, 0.05) is 13.1 Å². The van der Waals surface area contributed by atoms with Gasteiger partial charge < -0.3 is 14.2 Å². The third-order valence-corrected chi connectivity index (χ3v) is 7.32. The lowest BCUT2D eigenvalue weighted by atomic mass is 10.0. The zero-order chi connectivity index (χ0) is 24.1. The van der Waals surface area contributed by atoms with E-state index in [0.717, 1.165) is 11.1 Å². The predicted octanol–water partition coefficient (Wildman–Crippen LogP) is 3.47. The highest BCUT2D eigenvalue weighted by Gasteiger charge is 2.30. The van der Waals surface area contributed by atoms with Crippen molar-refractivity contribution in [2.45, 2.75) is 4.90 Å². The van der Waals surface area contributed by atoms with E-state index < -0.39 is 16.0 Å². The van der Waals surface area contributed by atoms with E-state index in [9.17, 15) is 13.2 Å². The van der Waals surface area contributed by atoms with Crippen LogP contribution >= 0.6 is 0 Å². The van der Waals surface area contributed by atoms with E-state index in [1.54, 1.807) is 36.4 Å². The number of hydrogen-bond acceptors (Lipinski definition) is 7. The Bertz CT molecular complexity index is 1320. The Balaban J connectivity index is 1.54. The number of nitrogens with zero attached hydrogens (tertiary/aromatic N) is 2. The van der Waals surface area contributed by atoms with Gasteiger partial charge in [0.25, 0.3) is 0 Å². The first-order valence-corrected chi connectivity index (χ1v) is 11.9. The van der Waals surface area contributed by atoms with Crippen molar-refractivity contribution >= 4 is 16.0 Å². The normalized spacial score (nSPS) is 14.2. The summed E-state index contributed by atoms with van der Waals surface area (Å²) in [5, 5.41) is 8.92. The third-order valence-electron chi connectivity index (χ3n) is 5.40. The highest BCUT2D eigenvalue weighted by molar-refractivity contribution is 7.89. The van der Waals surface area contributed by atoms with E-state index in [2.05, 4.69) is 6.07 Å². The molecule has 4 rings (SSSR count). The second-order valence-electron chi connectivity index (χ2n) is 7.49. The molecule has 0 atom stereocenters. The first kappa shape index (κ1) is 23.4. The molecule has 9 heteroatoms. The van der Waals surface area contributed by atoms with Crippen molar-refractivity contribution in [3.8, 4) is 28.7 Å². The second-order valence-corrected chi connectivity index (χ2v) is 9.39. The Labute approximate surface area is 198 Å². The molecule has 34 heavy (non-hydrogen) atoms. The summed E-state index contributed by atoms with van der Waals surface area (Å²) in [5.41, 5.74) is 2.48. The average Bonchev–Trinajstić information content (AvgIpc) is 2.89. The van der Waals surface area contributed by atoms with E-state index >= 15 is 0 Å². The number of carbonyl (C=O) groups is 1. The van der Waals surface area contributed by atoms with Gasteiger partial charge in [-0.15, -0.1) is 0 Å². The van der Waals surface area contributed by atoms with Gasteiger partial charge in [-0.3, -0.25) is 0 Å². The summed E-state index contributed by atoms with van der Waals surface area (Å²) in [5.74, 6) is -0.224. The number of benzene rings is 3. The van der Waals surface area contributed by atoms with Crippen molar-refractivity contribution in [1.29, 1.82) is 5.26 Å². The molecule has 3 aromatic carbocycles. The highest BCUT2D eigenvalue weighted by Crippen LogP contribution is 2.29. The Morgan fingerprint density at radius 3 is 2.18 bits per heavy atom. The molecular formula is C25H22N2O6S. The third kappa shape index (κ3) is 4.94. The number of hydrogen-bond donors (Lipinski definition) is 0. The molecule has 0 amide bonds. The maximum absolute atomic E-state index is 13.1. The second kappa shape index (κ2) is 10.1. The molecule has 0 N–H and O–H groups in total. The predicted molar refractivity (Wildman–Crippen MR) is 124 cm³/mol. The molecular weight excluding hydrogens is 456 g/mol. The SMILES string of the molecule is COc1ccc(C(=O)Oc2ccc(-c3ccc(C#N)cc3)cc2)cc1S(=O)(=O)N1CCOCC1. The van der Waals surface area contributed by atoms with Crippen molar-refractivity contribution in [2.75, 3.05) is 33.4 Å². The lowest BCUT2D eigenvalue weighted by molar-refractivity contribution is 0.0726. The van der Waals surface area contributed by atoms with Gasteiger partial charge in [0.15, 0.2) is 0 Å². The summed E-state index contributed by atoms with van der Waals surface area (Å²) in [6, 6.07) is 20.3. The van der Waals surface area contributed by atoms with E-state index in [1.165, 1.54) is 29.6 Å². The van der Waals surface area contributed by atoms with Crippen molar-refractivity contribution in [2.24, 2.45) is 0 Å². The number of carbonyl (C=O) groups excluding carboxylic acids is 1. The fourth-order valence-corrected chi connectivity index (χ4v) is 5.14. The summed E-state index contributed by atoms with van der Waals surface area (Å²) in [6.45, 7) is 1.07. The molecule has 1 aliphatic heterocycles. The lowest BCUT2D eigenvalue weighted by Gasteiger charge is -2.26. The van der Waals surface area contributed by atoms with Crippen LogP contribution in [0.25, 0.3) is 11.1 Å². The maximum atomic E-state index is 13.1. The van der Waals surface area contributed by atoms with Crippen LogP contribution in [0.2, 0.25) is 0 Å². The van der Waals surface area contributed by atoms with Crippen LogP contribution in [0.15, 0.2) is 71.6 Å². The van der Waals surface area contributed by atoms with Gasteiger partial charge in [-0.05, 0) is 53.6 Å². The van der Waals surface area contributed by atoms with Gasteiger partial charge >= 0.3 is 5.97 Å². The molecule has 8 nitrogen and oxygen atoms in total. The fraction of sp³-hybridized carbons (Fsp3) is 0.200. The van der Waals surface area contributed by atoms with Crippen molar-refractivity contribution in [3.63, 3.8) is 0 Å². The number of nitriles is 1. The lowest BCUT2D eigenvalue weighted by Crippen LogP contribution is -2.40. The van der Waals surface area contributed by atoms with Gasteiger partial charge in [0.05, 0.1) is 37.5 Å². The van der Waals surface area contributed by atoms with Crippen LogP contribution in [0, 0.1) is 11.3 Å². The zero-order valence-electron chi connectivity index (χ0n) is 18.4. The molecule has 0 aromatic heterocycles. The number of sulfonamides is 1. The van der Waals surface area contributed by atoms with Crippen molar-refractivity contribution in [1.82, 2.24) is 4.31 Å². The molecule has 1 aliphatic rings. The summed E-state index contributed by atoms with van der Waals surface area (Å²) in [4.78, 5) is 12.7. The Morgan fingerprint density at radius 1 is 0.971 bits per heavy atom. The van der Waals surface area contributed by atoms with Crippen LogP contribution in [-0.2, 0) is 14.8 Å². The molecule has 0 unspecified atom stereocenters. The minimum atomic E-state index is -3.87. The number of methoxy groups -OCH3 is 1. The molecule has 0 spiro atoms. The Hall–Kier alpha value is -3.71. The number of esters is 1. The summed E-state index contributed by atoms with van der Waals surface area (Å²) in [6.07, 6.45) is 0. The van der Waals surface area contributed by atoms with Gasteiger partial charge in [0.1, 0.15) is 16.4 Å². The minimum Gasteiger partial charge on any atom is -0.495 e. The van der Waals surface area contributed by atoms with Crippen LogP contribution in [-0.4, -0.2) is 52.1 Å². The molecule has 0 saturated carbocycles. The molecule has 1 fully saturated rings. The van der Waals surface area contributed by atoms with Gasteiger partial charge in [-0.2, -0.15) is 9.57 Å². The van der Waals surface area contributed by atoms with Crippen LogP contribution in [0.4, 0.5) is 0 Å². The van der Waals surface area contributed by atoms with E-state index in [4.69, 9.17) is 19.5 Å². The largest absolute Gasteiger partial charge is 0.495 e. The van der Waals surface area contributed by atoms with E-state index in [1.807, 2.05) is 12.1 Å². The Kier molecular flexibility index (Phi) is 6.93. The van der Waals surface area contributed by atoms with E-state index in [0.29, 0.717) is 24.5 Å². The number of ether oxygens (including phenoxy) is 3. The van der Waals surface area contributed by atoms with Gasteiger partial charge in [-0.25, -0.2) is 13.2 Å². The monoisotopic (exact) mass is 478 g/mol. The first-order chi connectivity index (χ1) is 16.4. The molecule has 0 aliphatic carbocycles.